The van der Waals surface area contributed by atoms with Gasteiger partial charge in [0.25, 0.3) is 0 Å². The van der Waals surface area contributed by atoms with Crippen LogP contribution >= 0.6 is 0 Å². The summed E-state index contributed by atoms with van der Waals surface area (Å²) in [6.07, 6.45) is 8.13. The van der Waals surface area contributed by atoms with Gasteiger partial charge in [0.1, 0.15) is 0 Å². The Balaban J connectivity index is 1.32. The lowest BCUT2D eigenvalue weighted by atomic mass is 9.92. The fraction of sp³-hybridized carbons (Fsp3) is 0.381. The molecule has 0 unspecified atom stereocenters. The van der Waals surface area contributed by atoms with E-state index in [2.05, 4.69) is 20.1 Å². The molecule has 1 saturated heterocycles. The smallest absolute Gasteiger partial charge is 0.227 e. The number of hydrogen-bond donors (Lipinski definition) is 0. The third-order valence-corrected chi connectivity index (χ3v) is 6.54. The van der Waals surface area contributed by atoms with Crippen molar-refractivity contribution >= 4 is 15.7 Å². The fourth-order valence-electron chi connectivity index (χ4n) is 3.77. The van der Waals surface area contributed by atoms with Crippen LogP contribution in [0.1, 0.15) is 36.8 Å². The molecule has 0 spiro atoms. The van der Waals surface area contributed by atoms with Gasteiger partial charge in [0.05, 0.1) is 10.6 Å². The first-order chi connectivity index (χ1) is 14.9. The molecule has 1 aliphatic rings. The van der Waals surface area contributed by atoms with Crippen LogP contribution in [0, 0.1) is 0 Å². The molecule has 4 rings (SSSR count). The van der Waals surface area contributed by atoms with Gasteiger partial charge < -0.3 is 9.42 Å². The Kier molecular flexibility index (Phi) is 6.08. The largest absolute Gasteiger partial charge is 0.343 e. The van der Waals surface area contributed by atoms with Crippen molar-refractivity contribution in [2.75, 3.05) is 19.3 Å². The number of nitrogens with zero attached hydrogens (tertiary/aromatic N) is 5. The molecule has 10 heteroatoms. The fourth-order valence-corrected chi connectivity index (χ4v) is 4.70. The quantitative estimate of drug-likeness (QED) is 0.571. The molecule has 0 N–H and O–H groups in total. The van der Waals surface area contributed by atoms with Gasteiger partial charge in [-0.05, 0) is 37.1 Å². The zero-order chi connectivity index (χ0) is 21.8. The Morgan fingerprint density at radius 2 is 1.90 bits per heavy atom. The Morgan fingerprint density at radius 1 is 1.16 bits per heavy atom. The SMILES string of the molecule is CS(=O)(=O)c1cccnc1C1CCN(C(=O)CCc2nc(-c3ccncc3)no2)CC1. The molecule has 162 valence electrons. The lowest BCUT2D eigenvalue weighted by Gasteiger charge is -2.32. The van der Waals surface area contributed by atoms with Crippen molar-refractivity contribution in [3.8, 4) is 11.4 Å². The minimum Gasteiger partial charge on any atom is -0.343 e. The number of carbonyl (C=O) groups is 1. The van der Waals surface area contributed by atoms with Gasteiger partial charge in [-0.15, -0.1) is 0 Å². The Morgan fingerprint density at radius 3 is 2.61 bits per heavy atom. The highest BCUT2D eigenvalue weighted by atomic mass is 32.2. The van der Waals surface area contributed by atoms with Crippen LogP contribution in [0.25, 0.3) is 11.4 Å². The van der Waals surface area contributed by atoms with Crippen LogP contribution in [-0.4, -0.2) is 58.7 Å². The molecule has 0 saturated carbocycles. The number of sulfone groups is 1. The molecule has 3 aromatic rings. The zero-order valence-corrected chi connectivity index (χ0v) is 18.0. The van der Waals surface area contributed by atoms with E-state index in [-0.39, 0.29) is 23.1 Å². The van der Waals surface area contributed by atoms with Crippen molar-refractivity contribution in [1.29, 1.82) is 0 Å². The van der Waals surface area contributed by atoms with Crippen LogP contribution in [0.4, 0.5) is 0 Å². The number of hydrogen-bond acceptors (Lipinski definition) is 8. The third-order valence-electron chi connectivity index (χ3n) is 5.39. The second kappa shape index (κ2) is 8.93. The molecule has 9 nitrogen and oxygen atoms in total. The van der Waals surface area contributed by atoms with Crippen molar-refractivity contribution < 1.29 is 17.7 Å². The molecule has 1 aliphatic heterocycles. The van der Waals surface area contributed by atoms with Gasteiger partial charge in [-0.3, -0.25) is 14.8 Å². The van der Waals surface area contributed by atoms with Gasteiger partial charge >= 0.3 is 0 Å². The first-order valence-corrected chi connectivity index (χ1v) is 12.0. The number of rotatable bonds is 6. The lowest BCUT2D eigenvalue weighted by Crippen LogP contribution is -2.38. The molecule has 4 heterocycles. The highest BCUT2D eigenvalue weighted by molar-refractivity contribution is 7.90. The van der Waals surface area contributed by atoms with Crippen molar-refractivity contribution in [3.63, 3.8) is 0 Å². The second-order valence-corrected chi connectivity index (χ2v) is 9.55. The average Bonchev–Trinajstić information content (AvgIpc) is 3.27. The summed E-state index contributed by atoms with van der Waals surface area (Å²) in [5.74, 6) is 0.935. The normalized spacial score (nSPS) is 15.2. The number of amides is 1. The van der Waals surface area contributed by atoms with Gasteiger partial charge in [-0.2, -0.15) is 4.98 Å². The minimum absolute atomic E-state index is 0.0199. The number of aromatic nitrogens is 4. The number of carbonyl (C=O) groups excluding carboxylic acids is 1. The summed E-state index contributed by atoms with van der Waals surface area (Å²) in [6, 6.07) is 6.82. The van der Waals surface area contributed by atoms with Crippen LogP contribution in [0.2, 0.25) is 0 Å². The Labute approximate surface area is 180 Å². The predicted molar refractivity (Wildman–Crippen MR) is 112 cm³/mol. The van der Waals surface area contributed by atoms with Crippen molar-refractivity contribution in [2.45, 2.75) is 36.5 Å². The average molecular weight is 442 g/mol. The molecule has 3 aromatic heterocycles. The summed E-state index contributed by atoms with van der Waals surface area (Å²) in [5.41, 5.74) is 1.41. The van der Waals surface area contributed by atoms with Crippen LogP contribution < -0.4 is 0 Å². The summed E-state index contributed by atoms with van der Waals surface area (Å²) in [6.45, 7) is 1.13. The predicted octanol–water partition coefficient (Wildman–Crippen LogP) is 2.27. The van der Waals surface area contributed by atoms with Gasteiger partial charge in [0, 0.05) is 62.3 Å². The van der Waals surface area contributed by atoms with Gasteiger partial charge in [0.15, 0.2) is 9.84 Å². The van der Waals surface area contributed by atoms with E-state index in [1.54, 1.807) is 47.8 Å². The molecular weight excluding hydrogens is 418 g/mol. The topological polar surface area (TPSA) is 119 Å². The first-order valence-electron chi connectivity index (χ1n) is 10.1. The zero-order valence-electron chi connectivity index (χ0n) is 17.1. The standard InChI is InChI=1S/C21H23N5O4S/c1-31(28,29)17-3-2-10-23-20(17)15-8-13-26(14-9-15)19(27)5-4-18-24-21(25-30-18)16-6-11-22-12-7-16/h2-3,6-7,10-12,15H,4-5,8-9,13-14H2,1H3. The second-order valence-electron chi connectivity index (χ2n) is 7.56. The molecule has 1 amide bonds. The third kappa shape index (κ3) is 4.96. The van der Waals surface area contributed by atoms with E-state index in [9.17, 15) is 13.2 Å². The molecular formula is C21H23N5O4S. The van der Waals surface area contributed by atoms with Crippen molar-refractivity contribution in [3.05, 3.63) is 54.4 Å². The minimum atomic E-state index is -3.34. The number of likely N-dealkylation sites (tertiary alicyclic amines) is 1. The highest BCUT2D eigenvalue weighted by Crippen LogP contribution is 2.31. The van der Waals surface area contributed by atoms with Gasteiger partial charge in [-0.1, -0.05) is 5.16 Å². The molecule has 0 radical (unpaired) electrons. The number of piperidine rings is 1. The maximum atomic E-state index is 12.6. The summed E-state index contributed by atoms with van der Waals surface area (Å²) in [4.78, 5) is 27.3. The van der Waals surface area contributed by atoms with Crippen molar-refractivity contribution in [1.82, 2.24) is 25.0 Å². The first kappa shape index (κ1) is 21.1. The monoisotopic (exact) mass is 441 g/mol. The molecule has 0 aromatic carbocycles. The van der Waals surface area contributed by atoms with E-state index in [0.29, 0.717) is 49.8 Å². The highest BCUT2D eigenvalue weighted by Gasteiger charge is 2.28. The summed E-state index contributed by atoms with van der Waals surface area (Å²) in [5, 5.41) is 3.95. The van der Waals surface area contributed by atoms with Crippen LogP contribution in [0.15, 0.2) is 52.3 Å². The van der Waals surface area contributed by atoms with E-state index in [1.807, 2.05) is 0 Å². The van der Waals surface area contributed by atoms with E-state index in [0.717, 1.165) is 5.56 Å². The van der Waals surface area contributed by atoms with E-state index >= 15 is 0 Å². The van der Waals surface area contributed by atoms with Crippen LogP contribution in [0.5, 0.6) is 0 Å². The van der Waals surface area contributed by atoms with Crippen molar-refractivity contribution in [2.24, 2.45) is 0 Å². The molecule has 0 aliphatic carbocycles. The summed E-state index contributed by atoms with van der Waals surface area (Å²) < 4.78 is 29.4. The molecule has 1 fully saturated rings. The molecule has 0 bridgehead atoms. The van der Waals surface area contributed by atoms with E-state index < -0.39 is 9.84 Å². The van der Waals surface area contributed by atoms with E-state index in [4.69, 9.17) is 4.52 Å². The lowest BCUT2D eigenvalue weighted by molar-refractivity contribution is -0.132. The Hall–Kier alpha value is -3.14. The summed E-state index contributed by atoms with van der Waals surface area (Å²) in [7, 11) is -3.34. The molecule has 0 atom stereocenters. The maximum Gasteiger partial charge on any atom is 0.227 e. The van der Waals surface area contributed by atoms with Crippen LogP contribution in [0.3, 0.4) is 0 Å². The van der Waals surface area contributed by atoms with Gasteiger partial charge in [-0.25, -0.2) is 8.42 Å². The summed E-state index contributed by atoms with van der Waals surface area (Å²) >= 11 is 0. The maximum absolute atomic E-state index is 12.6. The van der Waals surface area contributed by atoms with E-state index in [1.165, 1.54) is 6.26 Å². The molecule has 31 heavy (non-hydrogen) atoms. The number of pyridine rings is 2. The number of aryl methyl sites for hydroxylation is 1. The van der Waals surface area contributed by atoms with Crippen LogP contribution in [-0.2, 0) is 21.1 Å². The Bertz CT molecular complexity index is 1160. The van der Waals surface area contributed by atoms with Gasteiger partial charge in [0.2, 0.25) is 17.6 Å².